The van der Waals surface area contributed by atoms with E-state index in [1.807, 2.05) is 39.0 Å². The molecule has 0 aliphatic carbocycles. The standard InChI is InChI=1S/C18H26N2O3/c1-17(2,3)23-16(21)20-10-8-18(9-11-20)7-6-13-12-14(19)4-5-15(13)22-18/h4-5,12H,6-11,19H2,1-3H3. The second kappa shape index (κ2) is 5.62. The maximum atomic E-state index is 12.2. The average Bonchev–Trinajstić information content (AvgIpc) is 2.47. The Labute approximate surface area is 137 Å². The van der Waals surface area contributed by atoms with Crippen molar-refractivity contribution < 1.29 is 14.3 Å². The molecule has 1 fully saturated rings. The number of nitrogens with zero attached hydrogens (tertiary/aromatic N) is 1. The molecule has 126 valence electrons. The van der Waals surface area contributed by atoms with Crippen LogP contribution in [0.4, 0.5) is 10.5 Å². The van der Waals surface area contributed by atoms with Crippen LogP contribution in [0.1, 0.15) is 45.6 Å². The molecule has 0 aromatic heterocycles. The summed E-state index contributed by atoms with van der Waals surface area (Å²) in [7, 11) is 0. The van der Waals surface area contributed by atoms with Crippen LogP contribution in [0.25, 0.3) is 0 Å². The van der Waals surface area contributed by atoms with Gasteiger partial charge in [-0.1, -0.05) is 0 Å². The molecule has 0 bridgehead atoms. The fourth-order valence-corrected chi connectivity index (χ4v) is 3.32. The smallest absolute Gasteiger partial charge is 0.410 e. The van der Waals surface area contributed by atoms with E-state index in [1.165, 1.54) is 5.56 Å². The monoisotopic (exact) mass is 318 g/mol. The second-order valence-corrected chi connectivity index (χ2v) is 7.62. The molecule has 23 heavy (non-hydrogen) atoms. The molecular formula is C18H26N2O3. The normalized spacial score (nSPS) is 19.9. The van der Waals surface area contributed by atoms with Crippen molar-refractivity contribution >= 4 is 11.8 Å². The number of hydrogen-bond donors (Lipinski definition) is 1. The van der Waals surface area contributed by atoms with Gasteiger partial charge in [-0.25, -0.2) is 4.79 Å². The predicted octanol–water partition coefficient (Wildman–Crippen LogP) is 3.36. The number of ether oxygens (including phenoxy) is 2. The molecule has 0 radical (unpaired) electrons. The Morgan fingerprint density at radius 2 is 1.96 bits per heavy atom. The molecule has 3 rings (SSSR count). The molecule has 1 saturated heterocycles. The number of nitrogen functional groups attached to an aromatic ring is 1. The fraction of sp³-hybridized carbons (Fsp3) is 0.611. The Morgan fingerprint density at radius 1 is 1.26 bits per heavy atom. The molecule has 0 unspecified atom stereocenters. The minimum atomic E-state index is -0.452. The van der Waals surface area contributed by atoms with Crippen LogP contribution in [-0.4, -0.2) is 35.3 Å². The lowest BCUT2D eigenvalue weighted by Gasteiger charge is -2.44. The number of carbonyl (C=O) groups is 1. The van der Waals surface area contributed by atoms with Crippen molar-refractivity contribution in [3.8, 4) is 5.75 Å². The van der Waals surface area contributed by atoms with E-state index in [9.17, 15) is 4.79 Å². The second-order valence-electron chi connectivity index (χ2n) is 7.62. The van der Waals surface area contributed by atoms with Gasteiger partial charge in [0.1, 0.15) is 17.0 Å². The summed E-state index contributed by atoms with van der Waals surface area (Å²) in [5, 5.41) is 0. The molecule has 1 aromatic rings. The molecular weight excluding hydrogens is 292 g/mol. The zero-order valence-corrected chi connectivity index (χ0v) is 14.2. The third-order valence-corrected chi connectivity index (χ3v) is 4.59. The molecule has 5 heteroatoms. The van der Waals surface area contributed by atoms with Gasteiger partial charge in [0.15, 0.2) is 0 Å². The van der Waals surface area contributed by atoms with Gasteiger partial charge >= 0.3 is 6.09 Å². The van der Waals surface area contributed by atoms with Gasteiger partial charge in [-0.05, 0) is 57.4 Å². The van der Waals surface area contributed by atoms with Crippen LogP contribution >= 0.6 is 0 Å². The summed E-state index contributed by atoms with van der Waals surface area (Å²) < 4.78 is 11.8. The van der Waals surface area contributed by atoms with E-state index in [1.54, 1.807) is 4.90 Å². The molecule has 0 atom stereocenters. The maximum Gasteiger partial charge on any atom is 0.410 e. The van der Waals surface area contributed by atoms with Gasteiger partial charge in [-0.2, -0.15) is 0 Å². The number of piperidine rings is 1. The van der Waals surface area contributed by atoms with Crippen molar-refractivity contribution in [1.82, 2.24) is 4.90 Å². The molecule has 5 nitrogen and oxygen atoms in total. The van der Waals surface area contributed by atoms with Crippen molar-refractivity contribution in [1.29, 1.82) is 0 Å². The van der Waals surface area contributed by atoms with Crippen molar-refractivity contribution in [2.24, 2.45) is 0 Å². The zero-order chi connectivity index (χ0) is 16.7. The summed E-state index contributed by atoms with van der Waals surface area (Å²) in [6.07, 6.45) is 3.42. The number of carbonyl (C=O) groups excluding carboxylic acids is 1. The number of aryl methyl sites for hydroxylation is 1. The van der Waals surface area contributed by atoms with Crippen LogP contribution < -0.4 is 10.5 Å². The van der Waals surface area contributed by atoms with Crippen LogP contribution in [0.5, 0.6) is 5.75 Å². The Hall–Kier alpha value is -1.91. The number of anilines is 1. The van der Waals surface area contributed by atoms with Gasteiger partial charge < -0.3 is 20.1 Å². The lowest BCUT2D eigenvalue weighted by molar-refractivity contribution is -0.0272. The molecule has 1 amide bonds. The molecule has 1 spiro atoms. The fourth-order valence-electron chi connectivity index (χ4n) is 3.32. The minimum Gasteiger partial charge on any atom is -0.487 e. The van der Waals surface area contributed by atoms with E-state index in [0.29, 0.717) is 13.1 Å². The van der Waals surface area contributed by atoms with Crippen molar-refractivity contribution in [2.75, 3.05) is 18.8 Å². The van der Waals surface area contributed by atoms with Gasteiger partial charge in [0.2, 0.25) is 0 Å². The Morgan fingerprint density at radius 3 is 2.61 bits per heavy atom. The lowest BCUT2D eigenvalue weighted by Crippen LogP contribution is -2.52. The van der Waals surface area contributed by atoms with Crippen LogP contribution in [0, 0.1) is 0 Å². The Kier molecular flexibility index (Phi) is 3.90. The van der Waals surface area contributed by atoms with Gasteiger partial charge in [0, 0.05) is 31.6 Å². The van der Waals surface area contributed by atoms with Crippen LogP contribution in [0.15, 0.2) is 18.2 Å². The number of hydrogen-bond acceptors (Lipinski definition) is 4. The first-order valence-electron chi connectivity index (χ1n) is 8.32. The highest BCUT2D eigenvalue weighted by Crippen LogP contribution is 2.40. The number of rotatable bonds is 0. The largest absolute Gasteiger partial charge is 0.487 e. The third-order valence-electron chi connectivity index (χ3n) is 4.59. The first-order valence-corrected chi connectivity index (χ1v) is 8.32. The molecule has 0 saturated carbocycles. The molecule has 2 heterocycles. The highest BCUT2D eigenvalue weighted by atomic mass is 16.6. The number of likely N-dealkylation sites (tertiary alicyclic amines) is 1. The van der Waals surface area contributed by atoms with Gasteiger partial charge in [0.05, 0.1) is 0 Å². The highest BCUT2D eigenvalue weighted by molar-refractivity contribution is 5.68. The maximum absolute atomic E-state index is 12.2. The van der Waals surface area contributed by atoms with Crippen molar-refractivity contribution in [2.45, 2.75) is 57.7 Å². The van der Waals surface area contributed by atoms with E-state index in [2.05, 4.69) is 0 Å². The first-order chi connectivity index (χ1) is 10.8. The number of fused-ring (bicyclic) bond motifs is 1. The van der Waals surface area contributed by atoms with Crippen LogP contribution in [0.3, 0.4) is 0 Å². The number of amides is 1. The minimum absolute atomic E-state index is 0.151. The zero-order valence-electron chi connectivity index (χ0n) is 14.2. The van der Waals surface area contributed by atoms with Gasteiger partial charge in [-0.15, -0.1) is 0 Å². The molecule has 2 aliphatic rings. The summed E-state index contributed by atoms with van der Waals surface area (Å²) in [5.41, 5.74) is 7.20. The molecule has 2 aliphatic heterocycles. The summed E-state index contributed by atoms with van der Waals surface area (Å²) in [5.74, 6) is 0.941. The predicted molar refractivity (Wildman–Crippen MR) is 89.6 cm³/mol. The van der Waals surface area contributed by atoms with Gasteiger partial charge in [0.25, 0.3) is 0 Å². The SMILES string of the molecule is CC(C)(C)OC(=O)N1CCC2(CCc3cc(N)ccc3O2)CC1. The average molecular weight is 318 g/mol. The van der Waals surface area contributed by atoms with Gasteiger partial charge in [-0.3, -0.25) is 0 Å². The highest BCUT2D eigenvalue weighted by Gasteiger charge is 2.41. The summed E-state index contributed by atoms with van der Waals surface area (Å²) in [4.78, 5) is 14.0. The Balaban J connectivity index is 1.63. The Bertz CT molecular complexity index is 599. The third kappa shape index (κ3) is 3.54. The van der Waals surface area contributed by atoms with E-state index in [0.717, 1.165) is 37.1 Å². The van der Waals surface area contributed by atoms with E-state index < -0.39 is 5.60 Å². The quantitative estimate of drug-likeness (QED) is 0.745. The molecule has 2 N–H and O–H groups in total. The van der Waals surface area contributed by atoms with E-state index in [-0.39, 0.29) is 11.7 Å². The van der Waals surface area contributed by atoms with Crippen molar-refractivity contribution in [3.63, 3.8) is 0 Å². The summed E-state index contributed by atoms with van der Waals surface area (Å²) >= 11 is 0. The van der Waals surface area contributed by atoms with Crippen LogP contribution in [-0.2, 0) is 11.2 Å². The number of nitrogens with two attached hydrogens (primary N) is 1. The van der Waals surface area contributed by atoms with E-state index in [4.69, 9.17) is 15.2 Å². The van der Waals surface area contributed by atoms with Crippen LogP contribution in [0.2, 0.25) is 0 Å². The lowest BCUT2D eigenvalue weighted by atomic mass is 9.83. The summed E-state index contributed by atoms with van der Waals surface area (Å²) in [6, 6.07) is 5.84. The molecule has 1 aromatic carbocycles. The summed E-state index contributed by atoms with van der Waals surface area (Å²) in [6.45, 7) is 7.04. The van der Waals surface area contributed by atoms with E-state index >= 15 is 0 Å². The van der Waals surface area contributed by atoms with Crippen molar-refractivity contribution in [3.05, 3.63) is 23.8 Å². The first kappa shape index (κ1) is 16.0. The number of benzene rings is 1. The topological polar surface area (TPSA) is 64.8 Å².